The van der Waals surface area contributed by atoms with Crippen molar-refractivity contribution in [3.8, 4) is 11.8 Å². The van der Waals surface area contributed by atoms with Crippen molar-refractivity contribution < 1.29 is 9.53 Å². The van der Waals surface area contributed by atoms with E-state index in [4.69, 9.17) is 10.00 Å². The first kappa shape index (κ1) is 28.4. The monoisotopic (exact) mass is 550 g/mol. The number of benzene rings is 2. The van der Waals surface area contributed by atoms with Gasteiger partial charge in [-0.2, -0.15) is 5.26 Å². The van der Waals surface area contributed by atoms with E-state index in [9.17, 15) is 9.59 Å². The molecule has 1 fully saturated rings. The van der Waals surface area contributed by atoms with Crippen LogP contribution in [0, 0.1) is 31.1 Å². The summed E-state index contributed by atoms with van der Waals surface area (Å²) in [5, 5.41) is 10.0. The molecule has 0 amide bonds. The Hall–Kier alpha value is -4.15. The van der Waals surface area contributed by atoms with Gasteiger partial charge in [-0.25, -0.2) is 0 Å². The third-order valence-electron chi connectivity index (χ3n) is 8.70. The van der Waals surface area contributed by atoms with E-state index < -0.39 is 0 Å². The minimum absolute atomic E-state index is 0.0453. The maximum atomic E-state index is 13.7. The van der Waals surface area contributed by atoms with Gasteiger partial charge in [0, 0.05) is 46.9 Å². The van der Waals surface area contributed by atoms with Crippen molar-refractivity contribution in [3.63, 3.8) is 0 Å². The van der Waals surface area contributed by atoms with Crippen molar-refractivity contribution in [3.05, 3.63) is 98.6 Å². The van der Waals surface area contributed by atoms with Crippen LogP contribution in [0.1, 0.15) is 70.7 Å². The molecule has 41 heavy (non-hydrogen) atoms. The molecule has 1 N–H and O–H groups in total. The van der Waals surface area contributed by atoms with E-state index >= 15 is 0 Å². The molecule has 1 saturated heterocycles. The Labute approximate surface area is 241 Å². The number of nitriles is 1. The lowest BCUT2D eigenvalue weighted by atomic mass is 9.89. The van der Waals surface area contributed by atoms with Gasteiger partial charge >= 0.3 is 0 Å². The standard InChI is InChI=1S/C34H38N4O3/c1-22-19-32(41-4)29(34(40)36-22)13-14-31(39)33-24(3)38(30-8-6-5-7-28(30)33)23(2)27-15-17-37(18-16-27)21-26-11-9-25(20-35)10-12-26/h5-12,19,23,27H,13-18,21H2,1-4H3,(H,36,40)/t23-/m1/s1. The van der Waals surface area contributed by atoms with Crippen LogP contribution in [-0.2, 0) is 13.0 Å². The average molecular weight is 551 g/mol. The smallest absolute Gasteiger partial charge is 0.255 e. The number of Topliss-reactive ketones (excluding diaryl/α,β-unsaturated/α-hetero) is 1. The van der Waals surface area contributed by atoms with Gasteiger partial charge in [-0.1, -0.05) is 30.3 Å². The Morgan fingerprint density at radius 1 is 1.12 bits per heavy atom. The fourth-order valence-corrected chi connectivity index (χ4v) is 6.48. The molecule has 0 aliphatic carbocycles. The molecular formula is C34H38N4O3. The quantitative estimate of drug-likeness (QED) is 0.254. The number of aromatic amines is 1. The summed E-state index contributed by atoms with van der Waals surface area (Å²) in [7, 11) is 1.55. The number of pyridine rings is 1. The summed E-state index contributed by atoms with van der Waals surface area (Å²) in [5.74, 6) is 1.07. The van der Waals surface area contributed by atoms with E-state index in [1.807, 2.05) is 49.4 Å². The highest BCUT2D eigenvalue weighted by Gasteiger charge is 2.29. The molecule has 3 heterocycles. The number of nitrogens with zero attached hydrogens (tertiary/aromatic N) is 3. The molecule has 0 saturated carbocycles. The maximum absolute atomic E-state index is 13.7. The van der Waals surface area contributed by atoms with E-state index in [0.29, 0.717) is 29.2 Å². The Kier molecular flexibility index (Phi) is 8.41. The minimum Gasteiger partial charge on any atom is -0.496 e. The van der Waals surface area contributed by atoms with Crippen molar-refractivity contribution in [2.24, 2.45) is 5.92 Å². The summed E-state index contributed by atoms with van der Waals surface area (Å²) in [6, 6.07) is 20.3. The van der Waals surface area contributed by atoms with Gasteiger partial charge in [0.25, 0.3) is 5.56 Å². The number of hydrogen-bond acceptors (Lipinski definition) is 5. The van der Waals surface area contributed by atoms with Gasteiger partial charge in [0.05, 0.1) is 24.3 Å². The lowest BCUT2D eigenvalue weighted by Gasteiger charge is -2.36. The third-order valence-corrected chi connectivity index (χ3v) is 8.70. The lowest BCUT2D eigenvalue weighted by molar-refractivity contribution is 0.0983. The highest BCUT2D eigenvalue weighted by atomic mass is 16.5. The third kappa shape index (κ3) is 5.84. The number of para-hydroxylation sites is 1. The summed E-state index contributed by atoms with van der Waals surface area (Å²) >= 11 is 0. The number of hydrogen-bond donors (Lipinski definition) is 1. The molecule has 0 spiro atoms. The Bertz CT molecular complexity index is 1650. The number of carbonyl (C=O) groups is 1. The molecule has 2 aromatic heterocycles. The zero-order valence-corrected chi connectivity index (χ0v) is 24.4. The van der Waals surface area contributed by atoms with E-state index in [-0.39, 0.29) is 23.8 Å². The number of aryl methyl sites for hydroxylation is 1. The van der Waals surface area contributed by atoms with Crippen molar-refractivity contribution in [2.75, 3.05) is 20.2 Å². The van der Waals surface area contributed by atoms with Crippen molar-refractivity contribution in [2.45, 2.75) is 59.0 Å². The number of ether oxygens (including phenoxy) is 1. The van der Waals surface area contributed by atoms with Gasteiger partial charge in [-0.05, 0) is 88.9 Å². The molecule has 1 atom stereocenters. The first-order valence-corrected chi connectivity index (χ1v) is 14.4. The molecule has 1 aliphatic heterocycles. The van der Waals surface area contributed by atoms with Crippen molar-refractivity contribution in [1.82, 2.24) is 14.5 Å². The van der Waals surface area contributed by atoms with Crippen LogP contribution in [-0.4, -0.2) is 40.4 Å². The fraction of sp³-hybridized carbons (Fsp3) is 0.382. The molecule has 212 valence electrons. The summed E-state index contributed by atoms with van der Waals surface area (Å²) in [6.45, 7) is 9.09. The lowest BCUT2D eigenvalue weighted by Crippen LogP contribution is -2.36. The maximum Gasteiger partial charge on any atom is 0.255 e. The summed E-state index contributed by atoms with van der Waals surface area (Å²) in [5.41, 5.74) is 5.80. The predicted molar refractivity (Wildman–Crippen MR) is 162 cm³/mol. The van der Waals surface area contributed by atoms with Crippen LogP contribution in [0.3, 0.4) is 0 Å². The van der Waals surface area contributed by atoms with Gasteiger partial charge in [0.1, 0.15) is 5.75 Å². The summed E-state index contributed by atoms with van der Waals surface area (Å²) < 4.78 is 7.81. The number of H-pyrrole nitrogens is 1. The van der Waals surface area contributed by atoms with E-state index in [2.05, 4.69) is 40.4 Å². The van der Waals surface area contributed by atoms with Gasteiger partial charge < -0.3 is 14.3 Å². The number of aromatic nitrogens is 2. The van der Waals surface area contributed by atoms with E-state index in [0.717, 1.165) is 60.3 Å². The number of nitrogens with one attached hydrogen (secondary N) is 1. The van der Waals surface area contributed by atoms with Gasteiger partial charge in [-0.15, -0.1) is 0 Å². The topological polar surface area (TPSA) is 91.1 Å². The van der Waals surface area contributed by atoms with Crippen LogP contribution in [0.2, 0.25) is 0 Å². The number of likely N-dealkylation sites (tertiary alicyclic amines) is 1. The number of fused-ring (bicyclic) bond motifs is 1. The van der Waals surface area contributed by atoms with Crippen molar-refractivity contribution in [1.29, 1.82) is 5.26 Å². The largest absolute Gasteiger partial charge is 0.496 e. The van der Waals surface area contributed by atoms with Gasteiger partial charge in [0.2, 0.25) is 0 Å². The average Bonchev–Trinajstić information content (AvgIpc) is 3.28. The molecular weight excluding hydrogens is 512 g/mol. The zero-order chi connectivity index (χ0) is 29.1. The highest BCUT2D eigenvalue weighted by Crippen LogP contribution is 2.36. The fourth-order valence-electron chi connectivity index (χ4n) is 6.48. The van der Waals surface area contributed by atoms with Crippen LogP contribution in [0.4, 0.5) is 0 Å². The molecule has 0 radical (unpaired) electrons. The van der Waals surface area contributed by atoms with Gasteiger partial charge in [0.15, 0.2) is 5.78 Å². The Morgan fingerprint density at radius 3 is 2.51 bits per heavy atom. The number of methoxy groups -OCH3 is 1. The normalized spacial score (nSPS) is 15.1. The summed E-state index contributed by atoms with van der Waals surface area (Å²) in [4.78, 5) is 31.6. The SMILES string of the molecule is COc1cc(C)[nH]c(=O)c1CCC(=O)c1c(C)n([C@H](C)C2CCN(Cc3ccc(C#N)cc3)CC2)c2ccccc12. The van der Waals surface area contributed by atoms with E-state index in [1.165, 1.54) is 5.56 Å². The molecule has 2 aromatic carbocycles. The molecule has 0 bridgehead atoms. The molecule has 7 heteroatoms. The zero-order valence-electron chi connectivity index (χ0n) is 24.4. The van der Waals surface area contributed by atoms with Crippen LogP contribution in [0.15, 0.2) is 59.4 Å². The first-order chi connectivity index (χ1) is 19.8. The van der Waals surface area contributed by atoms with Crippen LogP contribution in [0.25, 0.3) is 10.9 Å². The molecule has 0 unspecified atom stereocenters. The minimum atomic E-state index is -0.201. The predicted octanol–water partition coefficient (Wildman–Crippen LogP) is 6.12. The van der Waals surface area contributed by atoms with Crippen molar-refractivity contribution >= 4 is 16.7 Å². The van der Waals surface area contributed by atoms with Gasteiger partial charge in [-0.3, -0.25) is 14.5 Å². The first-order valence-electron chi connectivity index (χ1n) is 14.4. The number of carbonyl (C=O) groups excluding carboxylic acids is 1. The molecule has 1 aliphatic rings. The Morgan fingerprint density at radius 2 is 1.83 bits per heavy atom. The second-order valence-electron chi connectivity index (χ2n) is 11.3. The van der Waals surface area contributed by atoms with E-state index in [1.54, 1.807) is 13.2 Å². The second kappa shape index (κ2) is 12.2. The number of piperidine rings is 1. The highest BCUT2D eigenvalue weighted by molar-refractivity contribution is 6.09. The molecule has 4 aromatic rings. The Balaban J connectivity index is 1.32. The molecule has 7 nitrogen and oxygen atoms in total. The number of rotatable bonds is 9. The number of ketones is 1. The van der Waals surface area contributed by atoms with Crippen LogP contribution < -0.4 is 10.3 Å². The summed E-state index contributed by atoms with van der Waals surface area (Å²) in [6.07, 6.45) is 2.73. The van der Waals surface area contributed by atoms with Crippen LogP contribution in [0.5, 0.6) is 5.75 Å². The van der Waals surface area contributed by atoms with Crippen LogP contribution >= 0.6 is 0 Å². The second-order valence-corrected chi connectivity index (χ2v) is 11.3. The molecule has 5 rings (SSSR count).